The molecule has 1 amide bonds. The van der Waals surface area contributed by atoms with Crippen LogP contribution < -0.4 is 10.1 Å². The van der Waals surface area contributed by atoms with E-state index in [1.165, 1.54) is 38.9 Å². The molecule has 27 heavy (non-hydrogen) atoms. The number of nitrogens with one attached hydrogen (secondary N) is 1. The molecule has 0 radical (unpaired) electrons. The molecule has 0 fully saturated rings. The van der Waals surface area contributed by atoms with E-state index in [0.717, 1.165) is 28.1 Å². The molecule has 0 saturated carbocycles. The summed E-state index contributed by atoms with van der Waals surface area (Å²) in [6.07, 6.45) is -0.398. The van der Waals surface area contributed by atoms with Gasteiger partial charge < -0.3 is 9.47 Å². The molecule has 2 aromatic rings. The van der Waals surface area contributed by atoms with E-state index in [9.17, 15) is 4.79 Å². The molecule has 1 N–H and O–H groups in total. The third kappa shape index (κ3) is 2.25. The van der Waals surface area contributed by atoms with Crippen molar-refractivity contribution in [1.29, 1.82) is 0 Å². The lowest BCUT2D eigenvalue weighted by Gasteiger charge is -2.39. The van der Waals surface area contributed by atoms with Crippen LogP contribution in [0.2, 0.25) is 0 Å². The first-order chi connectivity index (χ1) is 12.6. The molecule has 142 valence electrons. The molecule has 0 bridgehead atoms. The van der Waals surface area contributed by atoms with Crippen LogP contribution in [0, 0.1) is 41.5 Å². The molecule has 2 heterocycles. The van der Waals surface area contributed by atoms with Gasteiger partial charge >= 0.3 is 6.09 Å². The van der Waals surface area contributed by atoms with Crippen molar-refractivity contribution >= 4 is 11.8 Å². The molecule has 0 aromatic heterocycles. The molecular weight excluding hydrogens is 338 g/mol. The molecule has 2 aliphatic heterocycles. The minimum absolute atomic E-state index is 0.398. The summed E-state index contributed by atoms with van der Waals surface area (Å²) in [6.45, 7) is 17.3. The SMILES string of the molecule is Cc1c(C)c(C)c2c(c1C)OCc1c-2c(C)c(C)c2c1C(C)(C)OC(=O)N2. The van der Waals surface area contributed by atoms with Gasteiger partial charge in [-0.1, -0.05) is 0 Å². The lowest BCUT2D eigenvalue weighted by atomic mass is 9.77. The monoisotopic (exact) mass is 365 g/mol. The van der Waals surface area contributed by atoms with E-state index in [4.69, 9.17) is 9.47 Å². The third-order valence-electron chi connectivity index (χ3n) is 6.58. The molecule has 4 heteroatoms. The summed E-state index contributed by atoms with van der Waals surface area (Å²) in [7, 11) is 0. The number of carbonyl (C=O) groups excluding carboxylic acids is 1. The van der Waals surface area contributed by atoms with Gasteiger partial charge in [0.05, 0.1) is 5.69 Å². The van der Waals surface area contributed by atoms with Crippen LogP contribution in [0.5, 0.6) is 5.75 Å². The third-order valence-corrected chi connectivity index (χ3v) is 6.58. The van der Waals surface area contributed by atoms with Crippen LogP contribution in [0.15, 0.2) is 0 Å². The van der Waals surface area contributed by atoms with Gasteiger partial charge in [-0.25, -0.2) is 4.79 Å². The molecule has 0 atom stereocenters. The number of cyclic esters (lactones) is 1. The van der Waals surface area contributed by atoms with Crippen LogP contribution in [0.4, 0.5) is 10.5 Å². The smallest absolute Gasteiger partial charge is 0.412 e. The highest BCUT2D eigenvalue weighted by atomic mass is 16.6. The van der Waals surface area contributed by atoms with E-state index in [1.54, 1.807) is 0 Å². The zero-order chi connectivity index (χ0) is 19.8. The average molecular weight is 365 g/mol. The van der Waals surface area contributed by atoms with Crippen LogP contribution in [0.25, 0.3) is 11.1 Å². The Labute approximate surface area is 160 Å². The maximum Gasteiger partial charge on any atom is 0.412 e. The Bertz CT molecular complexity index is 1030. The summed E-state index contributed by atoms with van der Waals surface area (Å²) < 4.78 is 12.0. The van der Waals surface area contributed by atoms with Crippen molar-refractivity contribution in [2.75, 3.05) is 5.32 Å². The zero-order valence-electron chi connectivity index (χ0n) is 17.4. The van der Waals surface area contributed by atoms with Crippen LogP contribution in [-0.2, 0) is 16.9 Å². The Morgan fingerprint density at radius 1 is 0.815 bits per heavy atom. The lowest BCUT2D eigenvalue weighted by molar-refractivity contribution is 0.0404. The van der Waals surface area contributed by atoms with Crippen LogP contribution >= 0.6 is 0 Å². The van der Waals surface area contributed by atoms with Crippen LogP contribution in [0.3, 0.4) is 0 Å². The highest BCUT2D eigenvalue weighted by Crippen LogP contribution is 2.52. The number of rotatable bonds is 0. The largest absolute Gasteiger partial charge is 0.488 e. The molecular formula is C23H27NO3. The fourth-order valence-corrected chi connectivity index (χ4v) is 4.68. The molecule has 4 rings (SSSR count). The Morgan fingerprint density at radius 3 is 2.07 bits per heavy atom. The summed E-state index contributed by atoms with van der Waals surface area (Å²) in [6, 6.07) is 0. The number of benzene rings is 2. The topological polar surface area (TPSA) is 47.6 Å². The normalized spacial score (nSPS) is 16.5. The van der Waals surface area contributed by atoms with Gasteiger partial charge in [0, 0.05) is 16.7 Å². The number of ether oxygens (including phenoxy) is 2. The van der Waals surface area contributed by atoms with Crippen molar-refractivity contribution in [3.63, 3.8) is 0 Å². The van der Waals surface area contributed by atoms with Gasteiger partial charge in [-0.05, 0) is 94.3 Å². The van der Waals surface area contributed by atoms with Gasteiger partial charge in [-0.15, -0.1) is 0 Å². The minimum atomic E-state index is -0.705. The van der Waals surface area contributed by atoms with E-state index in [0.29, 0.717) is 6.61 Å². The van der Waals surface area contributed by atoms with Crippen LogP contribution in [-0.4, -0.2) is 6.09 Å². The predicted molar refractivity (Wildman–Crippen MR) is 108 cm³/mol. The molecule has 4 nitrogen and oxygen atoms in total. The van der Waals surface area contributed by atoms with Crippen LogP contribution in [0.1, 0.15) is 58.4 Å². The molecule has 0 unspecified atom stereocenters. The Balaban J connectivity index is 2.16. The van der Waals surface area contributed by atoms with Crippen molar-refractivity contribution in [3.8, 4) is 16.9 Å². The van der Waals surface area contributed by atoms with E-state index in [-0.39, 0.29) is 0 Å². The minimum Gasteiger partial charge on any atom is -0.488 e. The fourth-order valence-electron chi connectivity index (χ4n) is 4.68. The second-order valence-corrected chi connectivity index (χ2v) is 8.37. The van der Waals surface area contributed by atoms with Gasteiger partial charge in [0.25, 0.3) is 0 Å². The summed E-state index contributed by atoms with van der Waals surface area (Å²) in [5.74, 6) is 0.990. The maximum absolute atomic E-state index is 12.1. The number of hydrogen-bond acceptors (Lipinski definition) is 3. The van der Waals surface area contributed by atoms with Crippen molar-refractivity contribution < 1.29 is 14.3 Å². The highest BCUT2D eigenvalue weighted by molar-refractivity contribution is 5.95. The second-order valence-electron chi connectivity index (χ2n) is 8.37. The summed E-state index contributed by atoms with van der Waals surface area (Å²) >= 11 is 0. The van der Waals surface area contributed by atoms with Gasteiger partial charge in [0.2, 0.25) is 0 Å². The fraction of sp³-hybridized carbons (Fsp3) is 0.435. The Kier molecular flexibility index (Phi) is 3.65. The molecule has 2 aliphatic rings. The van der Waals surface area contributed by atoms with Gasteiger partial charge in [0.15, 0.2) is 0 Å². The predicted octanol–water partition coefficient (Wildman–Crippen LogP) is 5.89. The number of carbonyl (C=O) groups is 1. The number of hydrogen-bond donors (Lipinski definition) is 1. The number of amides is 1. The highest BCUT2D eigenvalue weighted by Gasteiger charge is 2.40. The Hall–Kier alpha value is -2.49. The molecule has 0 saturated heterocycles. The Morgan fingerprint density at radius 2 is 1.41 bits per heavy atom. The second kappa shape index (κ2) is 5.51. The number of anilines is 1. The van der Waals surface area contributed by atoms with Crippen molar-refractivity contribution in [2.24, 2.45) is 0 Å². The molecule has 0 spiro atoms. The summed E-state index contributed by atoms with van der Waals surface area (Å²) in [4.78, 5) is 12.1. The van der Waals surface area contributed by atoms with Crippen molar-refractivity contribution in [3.05, 3.63) is 44.5 Å². The van der Waals surface area contributed by atoms with E-state index in [1.807, 2.05) is 13.8 Å². The van der Waals surface area contributed by atoms with Crippen molar-refractivity contribution in [1.82, 2.24) is 0 Å². The first-order valence-electron chi connectivity index (χ1n) is 9.46. The first-order valence-corrected chi connectivity index (χ1v) is 9.46. The molecule has 0 aliphatic carbocycles. The standard InChI is InChI=1S/C23H27NO3/c1-10-11(2)15(6)21-18(12(10)3)17-13(4)14(5)20-19(16(17)9-26-21)23(7,8)27-22(25)24-20/h9H2,1-8H3,(H,24,25). The van der Waals surface area contributed by atoms with Gasteiger partial charge in [-0.2, -0.15) is 0 Å². The van der Waals surface area contributed by atoms with E-state index < -0.39 is 11.7 Å². The molecule has 2 aromatic carbocycles. The lowest BCUT2D eigenvalue weighted by Crippen LogP contribution is -2.37. The van der Waals surface area contributed by atoms with Gasteiger partial charge in [0.1, 0.15) is 18.0 Å². The van der Waals surface area contributed by atoms with Crippen molar-refractivity contribution in [2.45, 2.75) is 67.6 Å². The maximum atomic E-state index is 12.1. The average Bonchev–Trinajstić information content (AvgIpc) is 2.60. The van der Waals surface area contributed by atoms with Gasteiger partial charge in [-0.3, -0.25) is 5.32 Å². The number of fused-ring (bicyclic) bond motifs is 5. The first kappa shape index (κ1) is 17.9. The van der Waals surface area contributed by atoms with E-state index in [2.05, 4.69) is 46.9 Å². The van der Waals surface area contributed by atoms with E-state index >= 15 is 0 Å². The zero-order valence-corrected chi connectivity index (χ0v) is 17.4. The summed E-state index contributed by atoms with van der Waals surface area (Å²) in [5.41, 5.74) is 12.1. The quantitative estimate of drug-likeness (QED) is 0.633. The summed E-state index contributed by atoms with van der Waals surface area (Å²) in [5, 5.41) is 2.93.